The highest BCUT2D eigenvalue weighted by Crippen LogP contribution is 1.97. The minimum atomic E-state index is 1.08. The van der Waals surface area contributed by atoms with E-state index in [1.807, 2.05) is 34.6 Å². The average molecular weight is 418 g/mol. The number of hydrogen-bond acceptors (Lipinski definition) is 1. The zero-order chi connectivity index (χ0) is 24.2. The standard InChI is InChI=1S/C9H19N.C6H14.C5H12.C4H10.2C2H6/c1-4-5-6-7-8-10-9(2)3;1-3-5-6-4-2;1-3-5-4-2;1-3-4-2;2*1-2/h10H,2,4-8H2,1,3H3;3-6H2,1-2H3;3-5H2,1-2H3;3-4H2,1-2H3;2*1-2H3. The van der Waals surface area contributed by atoms with Crippen LogP contribution in [-0.4, -0.2) is 6.54 Å². The molecule has 0 aromatic rings. The molecule has 0 rings (SSSR count). The molecule has 0 fully saturated rings. The molecule has 0 atom stereocenters. The molecule has 0 aromatic heterocycles. The van der Waals surface area contributed by atoms with Gasteiger partial charge >= 0.3 is 0 Å². The molecule has 0 unspecified atom stereocenters. The number of unbranched alkanes of at least 4 members (excludes halogenated alkanes) is 9. The van der Waals surface area contributed by atoms with E-state index in [1.54, 1.807) is 0 Å². The first-order chi connectivity index (χ1) is 14.0. The Morgan fingerprint density at radius 1 is 0.483 bits per heavy atom. The van der Waals surface area contributed by atoms with Crippen LogP contribution in [0.25, 0.3) is 0 Å². The molecule has 0 aromatic carbocycles. The van der Waals surface area contributed by atoms with Gasteiger partial charge in [-0.2, -0.15) is 0 Å². The molecule has 0 spiro atoms. The highest BCUT2D eigenvalue weighted by atomic mass is 14.9. The van der Waals surface area contributed by atoms with Gasteiger partial charge in [-0.1, -0.05) is 160 Å². The molecule has 0 amide bonds. The summed E-state index contributed by atoms with van der Waals surface area (Å²) in [5.74, 6) is 0. The molecule has 0 saturated carbocycles. The number of hydrogen-bond donors (Lipinski definition) is 1. The van der Waals surface area contributed by atoms with Crippen molar-refractivity contribution in [2.45, 2.75) is 167 Å². The summed E-state index contributed by atoms with van der Waals surface area (Å²) in [5, 5.41) is 3.21. The van der Waals surface area contributed by atoms with Crippen molar-refractivity contribution in [2.24, 2.45) is 0 Å². The molecule has 0 heterocycles. The summed E-state index contributed by atoms with van der Waals surface area (Å²) >= 11 is 0. The molecule has 0 aliphatic heterocycles. The minimum Gasteiger partial charge on any atom is -0.389 e. The van der Waals surface area contributed by atoms with Gasteiger partial charge in [-0.25, -0.2) is 0 Å². The quantitative estimate of drug-likeness (QED) is 0.311. The summed E-state index contributed by atoms with van der Waals surface area (Å²) in [5.41, 5.74) is 1.08. The molecule has 0 saturated heterocycles. The second-order valence-electron chi connectivity index (χ2n) is 6.83. The van der Waals surface area contributed by atoms with Crippen molar-refractivity contribution in [1.29, 1.82) is 0 Å². The topological polar surface area (TPSA) is 12.0 Å². The Balaban J connectivity index is -0.0000000605. The molecular formula is C28H67N. The van der Waals surface area contributed by atoms with Crippen molar-refractivity contribution < 1.29 is 0 Å². The molecule has 1 N–H and O–H groups in total. The van der Waals surface area contributed by atoms with E-state index in [1.165, 1.54) is 83.5 Å². The predicted octanol–water partition coefficient (Wildman–Crippen LogP) is 11.3. The minimum absolute atomic E-state index is 1.08. The van der Waals surface area contributed by atoms with Gasteiger partial charge in [0.25, 0.3) is 0 Å². The summed E-state index contributed by atoms with van der Waals surface area (Å²) in [4.78, 5) is 0. The number of allylic oxidation sites excluding steroid dienone is 1. The molecule has 1 nitrogen and oxygen atoms in total. The largest absolute Gasteiger partial charge is 0.389 e. The second-order valence-corrected chi connectivity index (χ2v) is 6.83. The Labute approximate surface area is 190 Å². The number of nitrogens with one attached hydrogen (secondary N) is 1. The summed E-state index contributed by atoms with van der Waals surface area (Å²) in [7, 11) is 0. The number of rotatable bonds is 12. The van der Waals surface area contributed by atoms with Gasteiger partial charge in [-0.15, -0.1) is 0 Å². The molecule has 1 heteroatoms. The van der Waals surface area contributed by atoms with E-state index in [9.17, 15) is 0 Å². The summed E-state index contributed by atoms with van der Waals surface area (Å²) in [6.07, 6.45) is 17.5. The Morgan fingerprint density at radius 3 is 1.00 bits per heavy atom. The third-order valence-electron chi connectivity index (χ3n) is 3.62. The van der Waals surface area contributed by atoms with Crippen molar-refractivity contribution in [2.75, 3.05) is 6.54 Å². The van der Waals surface area contributed by atoms with E-state index >= 15 is 0 Å². The van der Waals surface area contributed by atoms with Crippen molar-refractivity contribution in [3.63, 3.8) is 0 Å². The van der Waals surface area contributed by atoms with Crippen LogP contribution in [0.1, 0.15) is 167 Å². The Morgan fingerprint density at radius 2 is 0.793 bits per heavy atom. The van der Waals surface area contributed by atoms with E-state index in [2.05, 4.69) is 60.4 Å². The molecule has 0 bridgehead atoms. The van der Waals surface area contributed by atoms with Crippen LogP contribution in [0.15, 0.2) is 12.3 Å². The summed E-state index contributed by atoms with van der Waals surface area (Å²) in [6, 6.07) is 0. The maximum absolute atomic E-state index is 3.76. The van der Waals surface area contributed by atoms with E-state index < -0.39 is 0 Å². The van der Waals surface area contributed by atoms with Gasteiger partial charge in [0.2, 0.25) is 0 Å². The maximum atomic E-state index is 3.76. The third-order valence-corrected chi connectivity index (χ3v) is 3.62. The first kappa shape index (κ1) is 42.6. The molecule has 0 aliphatic rings. The first-order valence-electron chi connectivity index (χ1n) is 13.4. The van der Waals surface area contributed by atoms with Crippen LogP contribution in [0, 0.1) is 0 Å². The fourth-order valence-electron chi connectivity index (χ4n) is 1.71. The van der Waals surface area contributed by atoms with E-state index in [4.69, 9.17) is 0 Å². The molecule has 0 radical (unpaired) electrons. The Hall–Kier alpha value is -0.460. The Bertz CT molecular complexity index is 179. The van der Waals surface area contributed by atoms with Gasteiger partial charge in [0, 0.05) is 12.2 Å². The highest BCUT2D eigenvalue weighted by Gasteiger charge is 1.86. The van der Waals surface area contributed by atoms with Crippen LogP contribution in [0.4, 0.5) is 0 Å². The van der Waals surface area contributed by atoms with Crippen molar-refractivity contribution in [1.82, 2.24) is 5.32 Å². The first-order valence-corrected chi connectivity index (χ1v) is 13.4. The zero-order valence-electron chi connectivity index (χ0n) is 23.6. The Kier molecular flexibility index (Phi) is 92.6. The highest BCUT2D eigenvalue weighted by molar-refractivity contribution is 4.83. The molecule has 29 heavy (non-hydrogen) atoms. The van der Waals surface area contributed by atoms with Crippen LogP contribution in [-0.2, 0) is 0 Å². The van der Waals surface area contributed by atoms with Crippen LogP contribution in [0.2, 0.25) is 0 Å². The smallest absolute Gasteiger partial charge is 0.0143 e. The normalized spacial score (nSPS) is 8.00. The fourth-order valence-corrected chi connectivity index (χ4v) is 1.71. The van der Waals surface area contributed by atoms with Crippen LogP contribution < -0.4 is 5.32 Å². The van der Waals surface area contributed by atoms with Gasteiger partial charge in [0.05, 0.1) is 0 Å². The zero-order valence-corrected chi connectivity index (χ0v) is 23.6. The summed E-state index contributed by atoms with van der Waals surface area (Å²) in [6.45, 7) is 30.3. The van der Waals surface area contributed by atoms with Crippen LogP contribution in [0.3, 0.4) is 0 Å². The molecule has 0 aliphatic carbocycles. The van der Waals surface area contributed by atoms with Crippen LogP contribution >= 0.6 is 0 Å². The van der Waals surface area contributed by atoms with E-state index in [0.29, 0.717) is 0 Å². The van der Waals surface area contributed by atoms with Gasteiger partial charge in [0.15, 0.2) is 0 Å². The molecular weight excluding hydrogens is 350 g/mol. The van der Waals surface area contributed by atoms with E-state index in [0.717, 1.165) is 12.2 Å². The van der Waals surface area contributed by atoms with Gasteiger partial charge in [-0.05, 0) is 13.3 Å². The summed E-state index contributed by atoms with van der Waals surface area (Å²) < 4.78 is 0. The van der Waals surface area contributed by atoms with Crippen LogP contribution in [0.5, 0.6) is 0 Å². The van der Waals surface area contributed by atoms with Crippen molar-refractivity contribution >= 4 is 0 Å². The van der Waals surface area contributed by atoms with Gasteiger partial charge in [0.1, 0.15) is 0 Å². The van der Waals surface area contributed by atoms with Crippen molar-refractivity contribution in [3.8, 4) is 0 Å². The van der Waals surface area contributed by atoms with Gasteiger partial charge < -0.3 is 5.32 Å². The second kappa shape index (κ2) is 63.1. The lowest BCUT2D eigenvalue weighted by molar-refractivity contribution is 0.636. The predicted molar refractivity (Wildman–Crippen MR) is 145 cm³/mol. The lowest BCUT2D eigenvalue weighted by atomic mass is 10.2. The SMILES string of the molecule is C=C(C)NCCCCCC.CC.CC.CCCC.CCCCC.CCCCCC. The van der Waals surface area contributed by atoms with Gasteiger partial charge in [-0.3, -0.25) is 0 Å². The molecule has 184 valence electrons. The monoisotopic (exact) mass is 418 g/mol. The lowest BCUT2D eigenvalue weighted by Crippen LogP contribution is -2.11. The fraction of sp³-hybridized carbons (Fsp3) is 0.929. The third kappa shape index (κ3) is 114. The lowest BCUT2D eigenvalue weighted by Gasteiger charge is -2.03. The average Bonchev–Trinajstić information content (AvgIpc) is 2.76. The van der Waals surface area contributed by atoms with Crippen molar-refractivity contribution in [3.05, 3.63) is 12.3 Å². The van der Waals surface area contributed by atoms with E-state index in [-0.39, 0.29) is 0 Å². The maximum Gasteiger partial charge on any atom is 0.0143 e.